The summed E-state index contributed by atoms with van der Waals surface area (Å²) in [5.41, 5.74) is 1.54. The number of para-hydroxylation sites is 1. The van der Waals surface area contributed by atoms with E-state index in [1.807, 2.05) is 31.2 Å². The van der Waals surface area contributed by atoms with Crippen molar-refractivity contribution in [1.29, 1.82) is 0 Å². The number of rotatable bonds is 3. The van der Waals surface area contributed by atoms with Crippen molar-refractivity contribution < 1.29 is 9.84 Å². The molecule has 2 rings (SSSR count). The van der Waals surface area contributed by atoms with Crippen LogP contribution in [0, 0.1) is 0 Å². The molecule has 0 saturated carbocycles. The summed E-state index contributed by atoms with van der Waals surface area (Å²) in [6.07, 6.45) is 1.45. The molecular weight excluding hydrogens is 204 g/mol. The van der Waals surface area contributed by atoms with Crippen LogP contribution in [0.3, 0.4) is 0 Å². The first-order valence-corrected chi connectivity index (χ1v) is 5.16. The Morgan fingerprint density at radius 2 is 2.12 bits per heavy atom. The van der Waals surface area contributed by atoms with Crippen molar-refractivity contribution >= 4 is 0 Å². The van der Waals surface area contributed by atoms with Crippen molar-refractivity contribution in [2.24, 2.45) is 0 Å². The van der Waals surface area contributed by atoms with Crippen molar-refractivity contribution in [3.63, 3.8) is 0 Å². The second kappa shape index (κ2) is 4.26. The van der Waals surface area contributed by atoms with E-state index in [4.69, 9.17) is 4.74 Å². The Balaban J connectivity index is 2.61. The van der Waals surface area contributed by atoms with E-state index < -0.39 is 0 Å². The summed E-state index contributed by atoms with van der Waals surface area (Å²) in [6.45, 7) is 2.68. The highest BCUT2D eigenvalue weighted by Crippen LogP contribution is 2.35. The van der Waals surface area contributed by atoms with Crippen LogP contribution >= 0.6 is 0 Å². The van der Waals surface area contributed by atoms with Crippen LogP contribution in [0.4, 0.5) is 0 Å². The van der Waals surface area contributed by atoms with E-state index in [0.29, 0.717) is 12.2 Å². The standard InChI is InChI=1S/C12H14N2O2/c1-3-14-12(10(15)8-13-14)9-6-4-5-7-11(9)16-2/h4-8,15H,3H2,1-2H3. The number of hydrogen-bond acceptors (Lipinski definition) is 3. The molecule has 2 aromatic rings. The summed E-state index contributed by atoms with van der Waals surface area (Å²) < 4.78 is 7.01. The average Bonchev–Trinajstić information content (AvgIpc) is 2.70. The van der Waals surface area contributed by atoms with Gasteiger partial charge < -0.3 is 9.84 Å². The number of nitrogens with zero attached hydrogens (tertiary/aromatic N) is 2. The van der Waals surface area contributed by atoms with Crippen LogP contribution in [-0.4, -0.2) is 22.0 Å². The first kappa shape index (κ1) is 10.5. The molecule has 1 aromatic heterocycles. The highest BCUT2D eigenvalue weighted by Gasteiger charge is 2.14. The van der Waals surface area contributed by atoms with Gasteiger partial charge in [-0.25, -0.2) is 0 Å². The second-order valence-electron chi connectivity index (χ2n) is 3.39. The summed E-state index contributed by atoms with van der Waals surface area (Å²) in [4.78, 5) is 0. The molecule has 1 N–H and O–H groups in total. The van der Waals surface area contributed by atoms with Gasteiger partial charge in [0.2, 0.25) is 0 Å². The SMILES string of the molecule is CCn1ncc(O)c1-c1ccccc1OC. The molecule has 4 heteroatoms. The Morgan fingerprint density at radius 1 is 1.38 bits per heavy atom. The van der Waals surface area contributed by atoms with Gasteiger partial charge in [0.1, 0.15) is 11.4 Å². The molecule has 0 fully saturated rings. The van der Waals surface area contributed by atoms with Crippen LogP contribution in [0.2, 0.25) is 0 Å². The molecule has 0 saturated heterocycles. The lowest BCUT2D eigenvalue weighted by Crippen LogP contribution is -2.00. The fraction of sp³-hybridized carbons (Fsp3) is 0.250. The summed E-state index contributed by atoms with van der Waals surface area (Å²) in [6, 6.07) is 7.57. The third-order valence-corrected chi connectivity index (χ3v) is 2.48. The molecule has 0 aliphatic carbocycles. The summed E-state index contributed by atoms with van der Waals surface area (Å²) >= 11 is 0. The van der Waals surface area contributed by atoms with Crippen LogP contribution in [0.15, 0.2) is 30.5 Å². The maximum absolute atomic E-state index is 9.80. The van der Waals surface area contributed by atoms with Gasteiger partial charge in [-0.15, -0.1) is 0 Å². The van der Waals surface area contributed by atoms with E-state index in [0.717, 1.165) is 11.3 Å². The van der Waals surface area contributed by atoms with E-state index in [2.05, 4.69) is 5.10 Å². The first-order chi connectivity index (χ1) is 7.77. The van der Waals surface area contributed by atoms with Gasteiger partial charge in [0.25, 0.3) is 0 Å². The molecule has 84 valence electrons. The van der Waals surface area contributed by atoms with Gasteiger partial charge in [0.05, 0.1) is 13.3 Å². The number of hydrogen-bond donors (Lipinski definition) is 1. The van der Waals surface area contributed by atoms with Gasteiger partial charge in [-0.3, -0.25) is 4.68 Å². The summed E-state index contributed by atoms with van der Waals surface area (Å²) in [7, 11) is 1.61. The molecule has 0 spiro atoms. The predicted molar refractivity (Wildman–Crippen MR) is 61.6 cm³/mol. The van der Waals surface area contributed by atoms with Gasteiger partial charge in [-0.1, -0.05) is 12.1 Å². The zero-order valence-corrected chi connectivity index (χ0v) is 9.34. The molecular formula is C12H14N2O2. The molecule has 1 heterocycles. The molecule has 0 amide bonds. The van der Waals surface area contributed by atoms with Crippen molar-refractivity contribution in [1.82, 2.24) is 9.78 Å². The van der Waals surface area contributed by atoms with Crippen LogP contribution in [0.25, 0.3) is 11.3 Å². The third kappa shape index (κ3) is 1.62. The molecule has 0 bridgehead atoms. The molecule has 0 aliphatic rings. The smallest absolute Gasteiger partial charge is 0.161 e. The summed E-state index contributed by atoms with van der Waals surface area (Å²) in [5.74, 6) is 0.902. The fourth-order valence-corrected chi connectivity index (χ4v) is 1.73. The van der Waals surface area contributed by atoms with Gasteiger partial charge in [-0.05, 0) is 19.1 Å². The zero-order chi connectivity index (χ0) is 11.5. The highest BCUT2D eigenvalue weighted by molar-refractivity contribution is 5.72. The maximum atomic E-state index is 9.80. The van der Waals surface area contributed by atoms with Crippen molar-refractivity contribution in [3.05, 3.63) is 30.5 Å². The predicted octanol–water partition coefficient (Wildman–Crippen LogP) is 2.28. The van der Waals surface area contributed by atoms with Crippen LogP contribution in [0.1, 0.15) is 6.92 Å². The lowest BCUT2D eigenvalue weighted by atomic mass is 10.1. The van der Waals surface area contributed by atoms with Crippen LogP contribution in [0.5, 0.6) is 11.5 Å². The van der Waals surface area contributed by atoms with E-state index in [-0.39, 0.29) is 5.75 Å². The number of ether oxygens (including phenoxy) is 1. The van der Waals surface area contributed by atoms with Gasteiger partial charge >= 0.3 is 0 Å². The highest BCUT2D eigenvalue weighted by atomic mass is 16.5. The Kier molecular flexibility index (Phi) is 2.81. The fourth-order valence-electron chi connectivity index (χ4n) is 1.73. The minimum absolute atomic E-state index is 0.173. The van der Waals surface area contributed by atoms with Gasteiger partial charge in [0.15, 0.2) is 5.75 Å². The summed E-state index contributed by atoms with van der Waals surface area (Å²) in [5, 5.41) is 13.9. The molecule has 16 heavy (non-hydrogen) atoms. The monoisotopic (exact) mass is 218 g/mol. The number of benzene rings is 1. The molecule has 1 aromatic carbocycles. The Bertz CT molecular complexity index is 492. The van der Waals surface area contributed by atoms with Gasteiger partial charge in [0, 0.05) is 12.1 Å². The Labute approximate surface area is 94.1 Å². The Morgan fingerprint density at radius 3 is 2.81 bits per heavy atom. The normalized spacial score (nSPS) is 10.4. The number of aromatic nitrogens is 2. The molecule has 0 unspecified atom stereocenters. The lowest BCUT2D eigenvalue weighted by Gasteiger charge is -2.09. The number of aromatic hydroxyl groups is 1. The minimum atomic E-state index is 0.173. The molecule has 4 nitrogen and oxygen atoms in total. The van der Waals surface area contributed by atoms with Crippen molar-refractivity contribution in [2.45, 2.75) is 13.5 Å². The second-order valence-corrected chi connectivity index (χ2v) is 3.39. The third-order valence-electron chi connectivity index (χ3n) is 2.48. The molecule has 0 aliphatic heterocycles. The lowest BCUT2D eigenvalue weighted by molar-refractivity contribution is 0.415. The number of methoxy groups -OCH3 is 1. The molecule has 0 atom stereocenters. The zero-order valence-electron chi connectivity index (χ0n) is 9.34. The average molecular weight is 218 g/mol. The quantitative estimate of drug-likeness (QED) is 0.859. The van der Waals surface area contributed by atoms with Gasteiger partial charge in [-0.2, -0.15) is 5.10 Å². The van der Waals surface area contributed by atoms with E-state index >= 15 is 0 Å². The first-order valence-electron chi connectivity index (χ1n) is 5.16. The topological polar surface area (TPSA) is 47.3 Å². The van der Waals surface area contributed by atoms with Crippen molar-refractivity contribution in [2.75, 3.05) is 7.11 Å². The van der Waals surface area contributed by atoms with Crippen molar-refractivity contribution in [3.8, 4) is 22.8 Å². The minimum Gasteiger partial charge on any atom is -0.504 e. The number of aryl methyl sites for hydroxylation is 1. The van der Waals surface area contributed by atoms with E-state index in [9.17, 15) is 5.11 Å². The van der Waals surface area contributed by atoms with Crippen LogP contribution in [-0.2, 0) is 6.54 Å². The van der Waals surface area contributed by atoms with Crippen LogP contribution < -0.4 is 4.74 Å². The largest absolute Gasteiger partial charge is 0.504 e. The maximum Gasteiger partial charge on any atom is 0.161 e. The Hall–Kier alpha value is -1.97. The van der Waals surface area contributed by atoms with E-state index in [1.54, 1.807) is 11.8 Å². The molecule has 0 radical (unpaired) electrons. The van der Waals surface area contributed by atoms with E-state index in [1.165, 1.54) is 6.20 Å².